The molecule has 20 heavy (non-hydrogen) atoms. The molecule has 0 N–H and O–H groups in total. The standard InChI is InChI=1S/C15H22Cl2N2O/c1-20-12-3-2-7-18-8-10-19(11-9-18)14-6-4-5-13(16)15(14)17/h4-6H,2-3,7-12H2,1H3. The molecule has 1 fully saturated rings. The van der Waals surface area contributed by atoms with Crippen molar-refractivity contribution >= 4 is 28.9 Å². The Labute approximate surface area is 131 Å². The van der Waals surface area contributed by atoms with Crippen LogP contribution in [0.25, 0.3) is 0 Å². The van der Waals surface area contributed by atoms with Crippen molar-refractivity contribution in [2.24, 2.45) is 0 Å². The number of hydrogen-bond acceptors (Lipinski definition) is 3. The number of ether oxygens (including phenoxy) is 1. The Morgan fingerprint density at radius 1 is 1.10 bits per heavy atom. The van der Waals surface area contributed by atoms with Gasteiger partial charge in [0, 0.05) is 39.9 Å². The topological polar surface area (TPSA) is 15.7 Å². The molecule has 1 aromatic rings. The molecule has 2 rings (SSSR count). The van der Waals surface area contributed by atoms with Gasteiger partial charge in [-0.3, -0.25) is 4.90 Å². The summed E-state index contributed by atoms with van der Waals surface area (Å²) in [6, 6.07) is 5.84. The first-order chi connectivity index (χ1) is 9.72. The quantitative estimate of drug-likeness (QED) is 0.746. The second-order valence-electron chi connectivity index (χ2n) is 5.10. The van der Waals surface area contributed by atoms with E-state index in [0.717, 1.165) is 51.4 Å². The highest BCUT2D eigenvalue weighted by molar-refractivity contribution is 6.43. The van der Waals surface area contributed by atoms with Gasteiger partial charge in [-0.15, -0.1) is 0 Å². The number of anilines is 1. The number of nitrogens with zero attached hydrogens (tertiary/aromatic N) is 2. The Bertz CT molecular complexity index is 420. The fraction of sp³-hybridized carbons (Fsp3) is 0.600. The van der Waals surface area contributed by atoms with Crippen LogP contribution in [-0.2, 0) is 4.74 Å². The number of rotatable bonds is 6. The van der Waals surface area contributed by atoms with Gasteiger partial charge in [0.05, 0.1) is 15.7 Å². The number of hydrogen-bond donors (Lipinski definition) is 0. The monoisotopic (exact) mass is 316 g/mol. The Morgan fingerprint density at radius 3 is 2.55 bits per heavy atom. The summed E-state index contributed by atoms with van der Waals surface area (Å²) < 4.78 is 5.08. The van der Waals surface area contributed by atoms with Gasteiger partial charge in [-0.25, -0.2) is 0 Å². The molecule has 0 aliphatic carbocycles. The van der Waals surface area contributed by atoms with Gasteiger partial charge >= 0.3 is 0 Å². The van der Waals surface area contributed by atoms with E-state index in [9.17, 15) is 0 Å². The van der Waals surface area contributed by atoms with Crippen molar-refractivity contribution in [3.8, 4) is 0 Å². The van der Waals surface area contributed by atoms with Crippen LogP contribution in [0.3, 0.4) is 0 Å². The molecule has 5 heteroatoms. The first kappa shape index (κ1) is 15.9. The van der Waals surface area contributed by atoms with Crippen LogP contribution < -0.4 is 4.90 Å². The molecule has 3 nitrogen and oxygen atoms in total. The lowest BCUT2D eigenvalue weighted by Crippen LogP contribution is -2.46. The lowest BCUT2D eigenvalue weighted by atomic mass is 10.2. The van der Waals surface area contributed by atoms with Crippen molar-refractivity contribution in [3.63, 3.8) is 0 Å². The maximum absolute atomic E-state index is 6.28. The molecule has 0 atom stereocenters. The summed E-state index contributed by atoms with van der Waals surface area (Å²) in [5.41, 5.74) is 1.05. The van der Waals surface area contributed by atoms with E-state index in [0.29, 0.717) is 10.0 Å². The SMILES string of the molecule is COCCCCN1CCN(c2cccc(Cl)c2Cl)CC1. The van der Waals surface area contributed by atoms with E-state index < -0.39 is 0 Å². The lowest BCUT2D eigenvalue weighted by Gasteiger charge is -2.36. The summed E-state index contributed by atoms with van der Waals surface area (Å²) in [7, 11) is 1.76. The van der Waals surface area contributed by atoms with Gasteiger partial charge in [0.25, 0.3) is 0 Å². The molecular formula is C15H22Cl2N2O. The molecule has 112 valence electrons. The summed E-state index contributed by atoms with van der Waals surface area (Å²) in [6.07, 6.45) is 2.34. The molecule has 1 heterocycles. The second-order valence-corrected chi connectivity index (χ2v) is 5.89. The largest absolute Gasteiger partial charge is 0.385 e. The molecule has 1 saturated heterocycles. The lowest BCUT2D eigenvalue weighted by molar-refractivity contribution is 0.182. The third kappa shape index (κ3) is 4.26. The van der Waals surface area contributed by atoms with E-state index in [1.165, 1.54) is 6.42 Å². The molecule has 0 spiro atoms. The fourth-order valence-electron chi connectivity index (χ4n) is 2.53. The van der Waals surface area contributed by atoms with Crippen LogP contribution in [0, 0.1) is 0 Å². The zero-order valence-electron chi connectivity index (χ0n) is 11.9. The molecule has 0 unspecified atom stereocenters. The van der Waals surface area contributed by atoms with Gasteiger partial charge < -0.3 is 9.64 Å². The molecule has 0 amide bonds. The maximum Gasteiger partial charge on any atom is 0.0825 e. The van der Waals surface area contributed by atoms with Crippen LogP contribution in [-0.4, -0.2) is 51.3 Å². The molecule has 1 aliphatic rings. The number of methoxy groups -OCH3 is 1. The molecular weight excluding hydrogens is 295 g/mol. The van der Waals surface area contributed by atoms with Crippen molar-refractivity contribution in [2.45, 2.75) is 12.8 Å². The Morgan fingerprint density at radius 2 is 1.85 bits per heavy atom. The minimum absolute atomic E-state index is 0.631. The van der Waals surface area contributed by atoms with Crippen molar-refractivity contribution in [2.75, 3.05) is 51.3 Å². The van der Waals surface area contributed by atoms with Gasteiger partial charge in [0.15, 0.2) is 0 Å². The summed E-state index contributed by atoms with van der Waals surface area (Å²) >= 11 is 12.4. The molecule has 0 saturated carbocycles. The smallest absolute Gasteiger partial charge is 0.0825 e. The van der Waals surface area contributed by atoms with E-state index in [4.69, 9.17) is 27.9 Å². The predicted molar refractivity (Wildman–Crippen MR) is 86.2 cm³/mol. The minimum Gasteiger partial charge on any atom is -0.385 e. The maximum atomic E-state index is 6.28. The number of unbranched alkanes of at least 4 members (excludes halogenated alkanes) is 1. The molecule has 1 aromatic carbocycles. The first-order valence-electron chi connectivity index (χ1n) is 7.12. The van der Waals surface area contributed by atoms with Gasteiger partial charge in [0.1, 0.15) is 0 Å². The highest BCUT2D eigenvalue weighted by atomic mass is 35.5. The van der Waals surface area contributed by atoms with Crippen molar-refractivity contribution in [1.82, 2.24) is 4.90 Å². The Kier molecular flexibility index (Phi) is 6.43. The van der Waals surface area contributed by atoms with Crippen molar-refractivity contribution < 1.29 is 4.74 Å². The van der Waals surface area contributed by atoms with Gasteiger partial charge in [-0.1, -0.05) is 29.3 Å². The van der Waals surface area contributed by atoms with E-state index >= 15 is 0 Å². The van der Waals surface area contributed by atoms with Gasteiger partial charge in [0.2, 0.25) is 0 Å². The van der Waals surface area contributed by atoms with Crippen LogP contribution in [0.5, 0.6) is 0 Å². The summed E-state index contributed by atoms with van der Waals surface area (Å²) in [5, 5.41) is 1.30. The van der Waals surface area contributed by atoms with Crippen LogP contribution in [0.2, 0.25) is 10.0 Å². The summed E-state index contributed by atoms with van der Waals surface area (Å²) in [5.74, 6) is 0. The fourth-order valence-corrected chi connectivity index (χ4v) is 2.95. The number of halogens is 2. The van der Waals surface area contributed by atoms with E-state index in [1.807, 2.05) is 18.2 Å². The highest BCUT2D eigenvalue weighted by Gasteiger charge is 2.19. The van der Waals surface area contributed by atoms with Crippen LogP contribution in [0.4, 0.5) is 5.69 Å². The van der Waals surface area contributed by atoms with Crippen LogP contribution in [0.15, 0.2) is 18.2 Å². The normalized spacial score (nSPS) is 16.6. The Hall–Kier alpha value is -0.480. The summed E-state index contributed by atoms with van der Waals surface area (Å²) in [6.45, 7) is 6.18. The average molecular weight is 317 g/mol. The van der Waals surface area contributed by atoms with Gasteiger partial charge in [-0.2, -0.15) is 0 Å². The minimum atomic E-state index is 0.631. The predicted octanol–water partition coefficient (Wildman–Crippen LogP) is 3.54. The third-order valence-electron chi connectivity index (χ3n) is 3.72. The van der Waals surface area contributed by atoms with Crippen LogP contribution in [0.1, 0.15) is 12.8 Å². The average Bonchev–Trinajstić information content (AvgIpc) is 2.47. The summed E-state index contributed by atoms with van der Waals surface area (Å²) in [4.78, 5) is 4.82. The van der Waals surface area contributed by atoms with Crippen LogP contribution >= 0.6 is 23.2 Å². The Balaban J connectivity index is 1.80. The molecule has 0 bridgehead atoms. The zero-order chi connectivity index (χ0) is 14.4. The third-order valence-corrected chi connectivity index (χ3v) is 4.53. The van der Waals surface area contributed by atoms with Crippen molar-refractivity contribution in [3.05, 3.63) is 28.2 Å². The highest BCUT2D eigenvalue weighted by Crippen LogP contribution is 2.32. The van der Waals surface area contributed by atoms with E-state index in [-0.39, 0.29) is 0 Å². The van der Waals surface area contributed by atoms with Crippen molar-refractivity contribution in [1.29, 1.82) is 0 Å². The zero-order valence-corrected chi connectivity index (χ0v) is 13.5. The first-order valence-corrected chi connectivity index (χ1v) is 7.88. The van der Waals surface area contributed by atoms with Gasteiger partial charge in [-0.05, 0) is 31.5 Å². The van der Waals surface area contributed by atoms with E-state index in [1.54, 1.807) is 7.11 Å². The number of piperazine rings is 1. The molecule has 0 radical (unpaired) electrons. The number of benzene rings is 1. The molecule has 0 aromatic heterocycles. The second kappa shape index (κ2) is 8.08. The molecule has 1 aliphatic heterocycles. The van der Waals surface area contributed by atoms with E-state index in [2.05, 4.69) is 9.80 Å².